The number of hydrogen-bond acceptors (Lipinski definition) is 0. The third-order valence-corrected chi connectivity index (χ3v) is 0.655. The van der Waals surface area contributed by atoms with Crippen LogP contribution in [-0.4, -0.2) is 0 Å². The van der Waals surface area contributed by atoms with Crippen molar-refractivity contribution in [2.24, 2.45) is 0 Å². The molecule has 1 aliphatic carbocycles. The normalized spacial score (nSPS) is 12.8. The number of rotatable bonds is 0. The van der Waals surface area contributed by atoms with Gasteiger partial charge in [0.15, 0.2) is 0 Å². The Bertz CT molecular complexity index is 78.4. The van der Waals surface area contributed by atoms with Crippen molar-refractivity contribution in [3.05, 3.63) is 24.3 Å². The molecule has 0 saturated carbocycles. The van der Waals surface area contributed by atoms with Crippen molar-refractivity contribution < 1.29 is 11.7 Å². The monoisotopic (exact) mass is 368 g/mol. The Balaban J connectivity index is 0.000000145. The predicted molar refractivity (Wildman–Crippen MR) is 50.9 cm³/mol. The van der Waals surface area contributed by atoms with Crippen LogP contribution in [-0.2, 0) is 11.7 Å². The molecule has 0 aromatic carbocycles. The third kappa shape index (κ3) is 7.65. The maximum absolute atomic E-state index is 2.40. The van der Waals surface area contributed by atoms with E-state index in [0.29, 0.717) is 11.7 Å². The van der Waals surface area contributed by atoms with Crippen molar-refractivity contribution in [3.63, 3.8) is 0 Å². The van der Waals surface area contributed by atoms with Gasteiger partial charge >= 0.3 is 50.0 Å². The van der Waals surface area contributed by atoms with Gasteiger partial charge in [0.25, 0.3) is 0 Å². The van der Waals surface area contributed by atoms with E-state index >= 15 is 0 Å². The molecule has 0 saturated heterocycles. The zero-order valence-corrected chi connectivity index (χ0v) is 10.1. The van der Waals surface area contributed by atoms with Crippen LogP contribution in [0.15, 0.2) is 24.3 Å². The summed E-state index contributed by atoms with van der Waals surface area (Å²) in [6.45, 7) is 0. The Morgan fingerprint density at radius 1 is 1.12 bits per heavy atom. The number of hydrogen-bond donors (Lipinski definition) is 0. The Hall–Kier alpha value is 1.65. The molecule has 0 aliphatic heterocycles. The molecular weight excluding hydrogens is 362 g/mol. The maximum atomic E-state index is 2.40. The predicted octanol–water partition coefficient (Wildman–Crippen LogP) is 3.27. The zero-order chi connectivity index (χ0) is 6.24. The molecule has 0 N–H and O–H groups in total. The third-order valence-electron chi connectivity index (χ3n) is 0.655. The molecule has 0 aromatic heterocycles. The average Bonchev–Trinajstić information content (AvgIpc) is 2.17. The minimum atomic E-state index is 0.440. The van der Waals surface area contributed by atoms with E-state index in [1.165, 1.54) is 0 Å². The van der Waals surface area contributed by atoms with Crippen LogP contribution in [0.5, 0.6) is 0 Å². The van der Waals surface area contributed by atoms with E-state index in [9.17, 15) is 0 Å². The summed E-state index contributed by atoms with van der Waals surface area (Å²) in [5.74, 6) is 0. The average molecular weight is 368 g/mol. The van der Waals surface area contributed by atoms with Crippen LogP contribution in [0.1, 0.15) is 6.42 Å². The Labute approximate surface area is 79.5 Å². The van der Waals surface area contributed by atoms with E-state index < -0.39 is 0 Å². The molecule has 0 heterocycles. The Morgan fingerprint density at radius 3 is 1.62 bits per heavy atom. The van der Waals surface area contributed by atoms with E-state index in [1.54, 1.807) is 0 Å². The second-order valence-corrected chi connectivity index (χ2v) is 14.3. The van der Waals surface area contributed by atoms with Crippen molar-refractivity contribution in [3.8, 4) is 0 Å². The van der Waals surface area contributed by atoms with Crippen LogP contribution in [0.3, 0.4) is 0 Å². The summed E-state index contributed by atoms with van der Waals surface area (Å²) in [5, 5.41) is 0. The minimum absolute atomic E-state index is 0.440. The van der Waals surface area contributed by atoms with Crippen LogP contribution in [0.2, 0.25) is 0 Å². The first kappa shape index (κ1) is 9.65. The van der Waals surface area contributed by atoms with Crippen molar-refractivity contribution in [2.45, 2.75) is 6.42 Å². The summed E-state index contributed by atoms with van der Waals surface area (Å²) in [5.41, 5.74) is 0. The second-order valence-electron chi connectivity index (χ2n) is 1.16. The van der Waals surface area contributed by atoms with Gasteiger partial charge in [0.1, 0.15) is 0 Å². The molecule has 3 heteroatoms. The standard InChI is InChI=1S/C5H6.2HI.Ti/c1-2-4-5-3-1;;;/h1-4H,5H2;2*1H;/q;;;+2/p-2. The van der Waals surface area contributed by atoms with E-state index in [4.69, 9.17) is 0 Å². The van der Waals surface area contributed by atoms with Crippen molar-refractivity contribution in [1.82, 2.24) is 0 Å². The first-order chi connectivity index (χ1) is 3.91. The van der Waals surface area contributed by atoms with Gasteiger partial charge in [-0.3, -0.25) is 0 Å². The van der Waals surface area contributed by atoms with Gasteiger partial charge < -0.3 is 0 Å². The summed E-state index contributed by atoms with van der Waals surface area (Å²) in [6, 6.07) is 0. The number of allylic oxidation sites excluding steroid dienone is 4. The summed E-state index contributed by atoms with van der Waals surface area (Å²) in [7, 11) is 0. The van der Waals surface area contributed by atoms with Crippen LogP contribution < -0.4 is 0 Å². The number of halogens is 2. The van der Waals surface area contributed by atoms with Gasteiger partial charge in [-0.25, -0.2) is 0 Å². The quantitative estimate of drug-likeness (QED) is 0.455. The fourth-order valence-electron chi connectivity index (χ4n) is 0.393. The molecule has 0 amide bonds. The topological polar surface area (TPSA) is 0 Å². The van der Waals surface area contributed by atoms with Gasteiger partial charge in [-0.15, -0.1) is 0 Å². The van der Waals surface area contributed by atoms with Gasteiger partial charge in [-0.05, 0) is 6.42 Å². The van der Waals surface area contributed by atoms with Crippen molar-refractivity contribution in [1.29, 1.82) is 0 Å². The molecule has 1 rings (SSSR count). The van der Waals surface area contributed by atoms with E-state index in [1.807, 2.05) is 0 Å². The second kappa shape index (κ2) is 8.65. The van der Waals surface area contributed by atoms with E-state index in [-0.39, 0.29) is 0 Å². The molecule has 8 heavy (non-hydrogen) atoms. The molecule has 1 aliphatic rings. The van der Waals surface area contributed by atoms with Crippen LogP contribution in [0, 0.1) is 0 Å². The molecule has 0 fully saturated rings. The van der Waals surface area contributed by atoms with Crippen LogP contribution >= 0.6 is 38.4 Å². The molecule has 0 atom stereocenters. The Kier molecular flexibility index (Phi) is 10.4. The van der Waals surface area contributed by atoms with Crippen molar-refractivity contribution >= 4 is 38.4 Å². The molecule has 0 radical (unpaired) electrons. The van der Waals surface area contributed by atoms with Gasteiger partial charge in [-0.2, -0.15) is 0 Å². The summed E-state index contributed by atoms with van der Waals surface area (Å²) >= 11 is 5.24. The van der Waals surface area contributed by atoms with Crippen molar-refractivity contribution in [2.75, 3.05) is 0 Å². The van der Waals surface area contributed by atoms with Gasteiger partial charge in [0, 0.05) is 0 Å². The van der Waals surface area contributed by atoms with E-state index in [0.717, 1.165) is 6.42 Å². The first-order valence-corrected chi connectivity index (χ1v) is 12.3. The zero-order valence-electron chi connectivity index (χ0n) is 4.27. The molecule has 0 unspecified atom stereocenters. The fourth-order valence-corrected chi connectivity index (χ4v) is 0.393. The molecule has 44 valence electrons. The summed E-state index contributed by atoms with van der Waals surface area (Å²) < 4.78 is 0. The van der Waals surface area contributed by atoms with Gasteiger partial charge in [0.2, 0.25) is 0 Å². The summed E-state index contributed by atoms with van der Waals surface area (Å²) in [6.07, 6.45) is 9.50. The van der Waals surface area contributed by atoms with E-state index in [2.05, 4.69) is 62.7 Å². The molecule has 0 spiro atoms. The van der Waals surface area contributed by atoms with Gasteiger partial charge in [0.05, 0.1) is 0 Å². The molecule has 0 aromatic rings. The van der Waals surface area contributed by atoms with Gasteiger partial charge in [-0.1, -0.05) is 24.3 Å². The molecule has 0 nitrogen and oxygen atoms in total. The fraction of sp³-hybridized carbons (Fsp3) is 0.200. The molecule has 0 bridgehead atoms. The van der Waals surface area contributed by atoms with Crippen LogP contribution in [0.4, 0.5) is 0 Å². The SMILES string of the molecule is C1=CCC=C1.[I][Ti][I]. The Morgan fingerprint density at radius 2 is 1.50 bits per heavy atom. The van der Waals surface area contributed by atoms with Crippen LogP contribution in [0.25, 0.3) is 0 Å². The summed E-state index contributed by atoms with van der Waals surface area (Å²) in [4.78, 5) is 0. The first-order valence-electron chi connectivity index (χ1n) is 2.19. The molecular formula is C5H6I2Ti.